The van der Waals surface area contributed by atoms with E-state index in [1.165, 1.54) is 47.7 Å². The maximum atomic E-state index is 12.7. The number of anilines is 1. The van der Waals surface area contributed by atoms with Crippen LogP contribution < -0.4 is 14.2 Å². The van der Waals surface area contributed by atoms with Gasteiger partial charge in [-0.2, -0.15) is 0 Å². The number of thiophene rings is 1. The van der Waals surface area contributed by atoms with Gasteiger partial charge in [0.05, 0.1) is 15.3 Å². The lowest BCUT2D eigenvalue weighted by Crippen LogP contribution is -2.17. The van der Waals surface area contributed by atoms with E-state index in [1.54, 1.807) is 12.1 Å². The third kappa shape index (κ3) is 5.35. The van der Waals surface area contributed by atoms with E-state index in [2.05, 4.69) is 4.72 Å². The third-order valence-corrected chi connectivity index (χ3v) is 7.47. The number of ether oxygens (including phenoxy) is 3. The quantitative estimate of drug-likeness (QED) is 0.379. The summed E-state index contributed by atoms with van der Waals surface area (Å²) in [7, 11) is -3.88. The number of hydrogen-bond acceptors (Lipinski definition) is 8. The summed E-state index contributed by atoms with van der Waals surface area (Å²) in [6.45, 7) is 2.40. The van der Waals surface area contributed by atoms with Crippen LogP contribution in [0.1, 0.15) is 31.8 Å². The van der Waals surface area contributed by atoms with E-state index in [1.807, 2.05) is 13.0 Å². The molecule has 0 spiro atoms. The van der Waals surface area contributed by atoms with Gasteiger partial charge in [0.15, 0.2) is 18.1 Å². The summed E-state index contributed by atoms with van der Waals surface area (Å²) in [5.41, 5.74) is 0.466. The Labute approximate surface area is 195 Å². The highest BCUT2D eigenvalue weighted by Gasteiger charge is 2.20. The zero-order chi connectivity index (χ0) is 23.4. The van der Waals surface area contributed by atoms with Crippen molar-refractivity contribution in [2.24, 2.45) is 0 Å². The van der Waals surface area contributed by atoms with Gasteiger partial charge in [-0.3, -0.25) is 9.52 Å². The van der Waals surface area contributed by atoms with E-state index < -0.39 is 16.0 Å². The van der Waals surface area contributed by atoms with E-state index in [-0.39, 0.29) is 28.5 Å². The van der Waals surface area contributed by atoms with Crippen molar-refractivity contribution in [3.63, 3.8) is 0 Å². The average Bonchev–Trinajstić information content (AvgIpc) is 3.32. The molecular formula is C23H21NO7S2. The molecule has 0 fully saturated rings. The van der Waals surface area contributed by atoms with Gasteiger partial charge in [-0.05, 0) is 55.0 Å². The molecule has 4 rings (SSSR count). The zero-order valence-corrected chi connectivity index (χ0v) is 19.3. The molecule has 8 nitrogen and oxygen atoms in total. The number of aryl methyl sites for hydroxylation is 1. The monoisotopic (exact) mass is 487 g/mol. The second kappa shape index (κ2) is 9.63. The van der Waals surface area contributed by atoms with Crippen LogP contribution in [0.3, 0.4) is 0 Å². The second-order valence-electron chi connectivity index (χ2n) is 7.11. The first-order valence-electron chi connectivity index (χ1n) is 10.2. The summed E-state index contributed by atoms with van der Waals surface area (Å²) in [6, 6.07) is 13.7. The lowest BCUT2D eigenvalue weighted by atomic mass is 10.2. The first kappa shape index (κ1) is 22.8. The standard InChI is InChI=1S/C23H21NO7S2/c1-2-17-7-10-22(32-17)19(25)14-31-23(26)15-3-5-16(6-4-15)24-33(27,28)18-8-9-20-21(13-18)30-12-11-29-20/h3-10,13,24H,2,11-12,14H2,1H3. The number of hydrogen-bond donors (Lipinski definition) is 1. The highest BCUT2D eigenvalue weighted by atomic mass is 32.2. The lowest BCUT2D eigenvalue weighted by Gasteiger charge is -2.19. The molecule has 10 heteroatoms. The number of nitrogens with one attached hydrogen (secondary N) is 1. The van der Waals surface area contributed by atoms with E-state index >= 15 is 0 Å². The first-order chi connectivity index (χ1) is 15.9. The molecule has 2 heterocycles. The Morgan fingerprint density at radius 1 is 1.00 bits per heavy atom. The van der Waals surface area contributed by atoms with Crippen LogP contribution in [0.4, 0.5) is 5.69 Å². The van der Waals surface area contributed by atoms with Crippen LogP contribution in [0.25, 0.3) is 0 Å². The number of benzene rings is 2. The summed E-state index contributed by atoms with van der Waals surface area (Å²) >= 11 is 1.38. The van der Waals surface area contributed by atoms with Crippen molar-refractivity contribution >= 4 is 38.8 Å². The van der Waals surface area contributed by atoms with Crippen LogP contribution in [-0.2, 0) is 21.2 Å². The van der Waals surface area contributed by atoms with Gasteiger partial charge < -0.3 is 14.2 Å². The molecule has 0 aliphatic carbocycles. The van der Waals surface area contributed by atoms with Crippen LogP contribution in [0.5, 0.6) is 11.5 Å². The van der Waals surface area contributed by atoms with Gasteiger partial charge in [-0.1, -0.05) is 6.92 Å². The average molecular weight is 488 g/mol. The maximum Gasteiger partial charge on any atom is 0.338 e. The Balaban J connectivity index is 1.37. The largest absolute Gasteiger partial charge is 0.486 e. The molecule has 0 saturated heterocycles. The van der Waals surface area contributed by atoms with Crippen molar-refractivity contribution in [2.45, 2.75) is 18.2 Å². The number of carbonyl (C=O) groups excluding carboxylic acids is 2. The van der Waals surface area contributed by atoms with Crippen molar-refractivity contribution in [1.29, 1.82) is 0 Å². The Morgan fingerprint density at radius 3 is 2.42 bits per heavy atom. The summed E-state index contributed by atoms with van der Waals surface area (Å²) in [4.78, 5) is 26.1. The molecule has 1 N–H and O–H groups in total. The normalized spacial score (nSPS) is 12.8. The molecule has 0 bridgehead atoms. The number of rotatable bonds is 8. The predicted molar refractivity (Wildman–Crippen MR) is 123 cm³/mol. The Kier molecular flexibility index (Phi) is 6.66. The fraction of sp³-hybridized carbons (Fsp3) is 0.217. The van der Waals surface area contributed by atoms with Gasteiger partial charge >= 0.3 is 5.97 Å². The fourth-order valence-corrected chi connectivity index (χ4v) is 5.03. The van der Waals surface area contributed by atoms with Gasteiger partial charge in [0.1, 0.15) is 13.2 Å². The predicted octanol–water partition coefficient (Wildman–Crippen LogP) is 3.92. The highest BCUT2D eigenvalue weighted by Crippen LogP contribution is 2.32. The first-order valence-corrected chi connectivity index (χ1v) is 12.5. The zero-order valence-electron chi connectivity index (χ0n) is 17.7. The second-order valence-corrected chi connectivity index (χ2v) is 9.96. The molecule has 172 valence electrons. The number of ketones is 1. The van der Waals surface area contributed by atoms with Gasteiger partial charge in [0.25, 0.3) is 10.0 Å². The molecule has 0 atom stereocenters. The van der Waals surface area contributed by atoms with E-state index in [0.717, 1.165) is 11.3 Å². The highest BCUT2D eigenvalue weighted by molar-refractivity contribution is 7.92. The molecule has 1 aliphatic rings. The fourth-order valence-electron chi connectivity index (χ4n) is 3.08. The third-order valence-electron chi connectivity index (χ3n) is 4.82. The molecule has 1 aliphatic heterocycles. The summed E-state index contributed by atoms with van der Waals surface area (Å²) < 4.78 is 43.8. The smallest absolute Gasteiger partial charge is 0.338 e. The lowest BCUT2D eigenvalue weighted by molar-refractivity contribution is 0.0476. The minimum absolute atomic E-state index is 0.0218. The van der Waals surface area contributed by atoms with E-state index in [0.29, 0.717) is 29.6 Å². The SMILES string of the molecule is CCc1ccc(C(=O)COC(=O)c2ccc(NS(=O)(=O)c3ccc4c(c3)OCCO4)cc2)s1. The van der Waals surface area contributed by atoms with Crippen molar-refractivity contribution < 1.29 is 32.2 Å². The van der Waals surface area contributed by atoms with Crippen molar-refractivity contribution in [3.8, 4) is 11.5 Å². The van der Waals surface area contributed by atoms with Gasteiger partial charge in [0, 0.05) is 16.6 Å². The van der Waals surface area contributed by atoms with Gasteiger partial charge in [-0.25, -0.2) is 13.2 Å². The molecule has 0 unspecified atom stereocenters. The van der Waals surface area contributed by atoms with Crippen molar-refractivity contribution in [1.82, 2.24) is 0 Å². The molecule has 0 radical (unpaired) electrons. The minimum Gasteiger partial charge on any atom is -0.486 e. The number of fused-ring (bicyclic) bond motifs is 1. The molecular weight excluding hydrogens is 466 g/mol. The number of carbonyl (C=O) groups is 2. The van der Waals surface area contributed by atoms with Crippen molar-refractivity contribution in [2.75, 3.05) is 24.5 Å². The molecule has 33 heavy (non-hydrogen) atoms. The molecule has 0 saturated carbocycles. The summed E-state index contributed by atoms with van der Waals surface area (Å²) in [5.74, 6) is -0.0783. The van der Waals surface area contributed by atoms with Crippen LogP contribution in [0.15, 0.2) is 59.5 Å². The van der Waals surface area contributed by atoms with Crippen LogP contribution in [0.2, 0.25) is 0 Å². The maximum absolute atomic E-state index is 12.7. The van der Waals surface area contributed by atoms with E-state index in [9.17, 15) is 18.0 Å². The molecule has 0 amide bonds. The molecule has 1 aromatic heterocycles. The van der Waals surface area contributed by atoms with Crippen LogP contribution >= 0.6 is 11.3 Å². The van der Waals surface area contributed by atoms with E-state index in [4.69, 9.17) is 14.2 Å². The molecule has 3 aromatic rings. The van der Waals surface area contributed by atoms with Gasteiger partial charge in [0.2, 0.25) is 5.78 Å². The van der Waals surface area contributed by atoms with Crippen LogP contribution in [-0.4, -0.2) is 40.0 Å². The summed E-state index contributed by atoms with van der Waals surface area (Å²) in [5, 5.41) is 0. The minimum atomic E-state index is -3.88. The van der Waals surface area contributed by atoms with Crippen molar-refractivity contribution in [3.05, 3.63) is 69.9 Å². The Bertz CT molecular complexity index is 1280. The Hall–Kier alpha value is -3.37. The van der Waals surface area contributed by atoms with Gasteiger partial charge in [-0.15, -0.1) is 11.3 Å². The topological polar surface area (TPSA) is 108 Å². The number of esters is 1. The number of Topliss-reactive ketones (excluding diaryl/α,β-unsaturated/α-hetero) is 1. The Morgan fingerprint density at radius 2 is 1.73 bits per heavy atom. The molecule has 2 aromatic carbocycles. The van der Waals surface area contributed by atoms with Crippen LogP contribution in [0, 0.1) is 0 Å². The number of sulfonamides is 1. The summed E-state index contributed by atoms with van der Waals surface area (Å²) in [6.07, 6.45) is 0.836.